The van der Waals surface area contributed by atoms with Crippen molar-refractivity contribution >= 4 is 22.4 Å². The van der Waals surface area contributed by atoms with Crippen molar-refractivity contribution in [3.8, 4) is 34.4 Å². The van der Waals surface area contributed by atoms with E-state index in [2.05, 4.69) is 15.2 Å². The first-order valence-corrected chi connectivity index (χ1v) is 10.4. The van der Waals surface area contributed by atoms with Gasteiger partial charge in [-0.05, 0) is 49.4 Å². The van der Waals surface area contributed by atoms with Gasteiger partial charge in [-0.3, -0.25) is 4.79 Å². The van der Waals surface area contributed by atoms with Crippen molar-refractivity contribution in [3.63, 3.8) is 0 Å². The predicted molar refractivity (Wildman–Crippen MR) is 122 cm³/mol. The molecule has 0 fully saturated rings. The van der Waals surface area contributed by atoms with Gasteiger partial charge in [0.1, 0.15) is 5.75 Å². The summed E-state index contributed by atoms with van der Waals surface area (Å²) in [4.78, 5) is 17.7. The lowest BCUT2D eigenvalue weighted by atomic mass is 10.1. The zero-order valence-corrected chi connectivity index (χ0v) is 17.8. The van der Waals surface area contributed by atoms with E-state index in [1.807, 2.05) is 31.2 Å². The third-order valence-electron chi connectivity index (χ3n) is 4.91. The van der Waals surface area contributed by atoms with Gasteiger partial charge in [-0.2, -0.15) is 14.8 Å². The molecular formula is C24H17ClN4O3. The van der Waals surface area contributed by atoms with Crippen LogP contribution in [-0.2, 0) is 0 Å². The molecule has 3 aromatic carbocycles. The molecule has 158 valence electrons. The van der Waals surface area contributed by atoms with Crippen LogP contribution in [0, 0.1) is 0 Å². The number of aromatic nitrogens is 4. The van der Waals surface area contributed by atoms with Gasteiger partial charge in [0, 0.05) is 16.0 Å². The van der Waals surface area contributed by atoms with Gasteiger partial charge in [0.2, 0.25) is 5.82 Å². The fourth-order valence-electron chi connectivity index (χ4n) is 3.44. The second-order valence-electron chi connectivity index (χ2n) is 6.97. The van der Waals surface area contributed by atoms with Crippen molar-refractivity contribution in [3.05, 3.63) is 88.2 Å². The molecule has 7 nitrogen and oxygen atoms in total. The Morgan fingerprint density at radius 2 is 1.78 bits per heavy atom. The van der Waals surface area contributed by atoms with Crippen molar-refractivity contribution < 1.29 is 9.26 Å². The number of halogens is 1. The lowest BCUT2D eigenvalue weighted by Crippen LogP contribution is -2.22. The summed E-state index contributed by atoms with van der Waals surface area (Å²) >= 11 is 6.09. The van der Waals surface area contributed by atoms with Gasteiger partial charge in [0.05, 0.1) is 17.7 Å². The summed E-state index contributed by atoms with van der Waals surface area (Å²) in [6, 6.07) is 21.5. The Hall–Kier alpha value is -3.97. The minimum Gasteiger partial charge on any atom is -0.494 e. The molecule has 0 aliphatic carbocycles. The van der Waals surface area contributed by atoms with Crippen LogP contribution in [0.2, 0.25) is 5.02 Å². The normalized spacial score (nSPS) is 11.1. The highest BCUT2D eigenvalue weighted by Gasteiger charge is 2.19. The number of hydrogen-bond acceptors (Lipinski definition) is 6. The number of fused-ring (bicyclic) bond motifs is 1. The summed E-state index contributed by atoms with van der Waals surface area (Å²) in [6.07, 6.45) is 0. The van der Waals surface area contributed by atoms with Crippen LogP contribution < -0.4 is 10.3 Å². The first-order valence-electron chi connectivity index (χ1n) is 9.99. The molecule has 0 atom stereocenters. The quantitative estimate of drug-likeness (QED) is 0.372. The summed E-state index contributed by atoms with van der Waals surface area (Å²) in [5.74, 6) is 1.30. The highest BCUT2D eigenvalue weighted by Crippen LogP contribution is 2.27. The summed E-state index contributed by atoms with van der Waals surface area (Å²) in [5.41, 5.74) is 1.48. The van der Waals surface area contributed by atoms with Gasteiger partial charge in [-0.25, -0.2) is 0 Å². The van der Waals surface area contributed by atoms with Crippen molar-refractivity contribution in [1.82, 2.24) is 19.9 Å². The van der Waals surface area contributed by atoms with Crippen LogP contribution in [0.15, 0.2) is 82.1 Å². The molecule has 0 spiro atoms. The van der Waals surface area contributed by atoms with Gasteiger partial charge < -0.3 is 9.26 Å². The van der Waals surface area contributed by atoms with E-state index in [1.54, 1.807) is 48.5 Å². The number of rotatable bonds is 5. The molecular weight excluding hydrogens is 428 g/mol. The molecule has 32 heavy (non-hydrogen) atoms. The van der Waals surface area contributed by atoms with Crippen molar-refractivity contribution in [2.45, 2.75) is 6.92 Å². The standard InChI is InChI=1S/C24H17ClN4O3/c1-2-31-18-12-10-17(11-13-18)29-24(30)20-9-4-3-8-19(20)21(27-29)23-26-22(28-32-23)15-6-5-7-16(25)14-15/h3-14H,2H2,1H3. The first kappa shape index (κ1) is 20.0. The Kier molecular flexibility index (Phi) is 5.17. The van der Waals surface area contributed by atoms with E-state index in [0.29, 0.717) is 45.4 Å². The maximum atomic E-state index is 13.2. The van der Waals surface area contributed by atoms with Crippen molar-refractivity contribution in [2.75, 3.05) is 6.61 Å². The zero-order chi connectivity index (χ0) is 22.1. The van der Waals surface area contributed by atoms with Gasteiger partial charge in [0.25, 0.3) is 11.4 Å². The van der Waals surface area contributed by atoms with Crippen LogP contribution in [-0.4, -0.2) is 26.5 Å². The Morgan fingerprint density at radius 3 is 2.53 bits per heavy atom. The fourth-order valence-corrected chi connectivity index (χ4v) is 3.63. The highest BCUT2D eigenvalue weighted by molar-refractivity contribution is 6.30. The monoisotopic (exact) mass is 444 g/mol. The minimum absolute atomic E-state index is 0.205. The van der Waals surface area contributed by atoms with Crippen LogP contribution in [0.4, 0.5) is 0 Å². The molecule has 5 rings (SSSR count). The summed E-state index contributed by atoms with van der Waals surface area (Å²) in [6.45, 7) is 2.47. The number of nitrogens with zero attached hydrogens (tertiary/aromatic N) is 4. The number of benzene rings is 3. The molecule has 8 heteroatoms. The van der Waals surface area contributed by atoms with E-state index in [1.165, 1.54) is 4.68 Å². The molecule has 0 radical (unpaired) electrons. The fraction of sp³-hybridized carbons (Fsp3) is 0.0833. The van der Waals surface area contributed by atoms with E-state index in [4.69, 9.17) is 20.9 Å². The number of hydrogen-bond donors (Lipinski definition) is 0. The predicted octanol–water partition coefficient (Wildman–Crippen LogP) is 5.15. The van der Waals surface area contributed by atoms with E-state index in [0.717, 1.165) is 5.56 Å². The molecule has 0 saturated carbocycles. The molecule has 5 aromatic rings. The SMILES string of the molecule is CCOc1ccc(-n2nc(-c3nc(-c4cccc(Cl)c4)no3)c3ccccc3c2=O)cc1. The summed E-state index contributed by atoms with van der Waals surface area (Å²) in [5, 5.41) is 10.4. The van der Waals surface area contributed by atoms with Gasteiger partial charge in [-0.15, -0.1) is 0 Å². The van der Waals surface area contributed by atoms with Crippen LogP contribution in [0.3, 0.4) is 0 Å². The summed E-state index contributed by atoms with van der Waals surface area (Å²) < 4.78 is 12.4. The largest absolute Gasteiger partial charge is 0.494 e. The van der Waals surface area contributed by atoms with Crippen LogP contribution in [0.1, 0.15) is 6.92 Å². The second kappa shape index (κ2) is 8.28. The average Bonchev–Trinajstić information content (AvgIpc) is 3.31. The Bertz CT molecular complexity index is 1480. The Balaban J connectivity index is 1.67. The third-order valence-corrected chi connectivity index (χ3v) is 5.14. The third kappa shape index (κ3) is 3.63. The minimum atomic E-state index is -0.247. The van der Waals surface area contributed by atoms with Gasteiger partial charge >= 0.3 is 0 Å². The van der Waals surface area contributed by atoms with E-state index < -0.39 is 0 Å². The molecule has 0 N–H and O–H groups in total. The van der Waals surface area contributed by atoms with Gasteiger partial charge in [-0.1, -0.05) is 47.1 Å². The van der Waals surface area contributed by atoms with Crippen LogP contribution in [0.5, 0.6) is 5.75 Å². The maximum Gasteiger partial charge on any atom is 0.279 e. The van der Waals surface area contributed by atoms with Crippen LogP contribution >= 0.6 is 11.6 Å². The first-order chi connectivity index (χ1) is 15.6. The van der Waals surface area contributed by atoms with Crippen LogP contribution in [0.25, 0.3) is 39.4 Å². The molecule has 0 aliphatic rings. The van der Waals surface area contributed by atoms with Gasteiger partial charge in [0.15, 0.2) is 5.69 Å². The molecule has 2 heterocycles. The van der Waals surface area contributed by atoms with Crippen molar-refractivity contribution in [2.24, 2.45) is 0 Å². The molecule has 2 aromatic heterocycles. The lowest BCUT2D eigenvalue weighted by Gasteiger charge is -2.10. The average molecular weight is 445 g/mol. The molecule has 0 amide bonds. The zero-order valence-electron chi connectivity index (χ0n) is 17.0. The highest BCUT2D eigenvalue weighted by atomic mass is 35.5. The molecule has 0 aliphatic heterocycles. The molecule has 0 bridgehead atoms. The van der Waals surface area contributed by atoms with Crippen molar-refractivity contribution in [1.29, 1.82) is 0 Å². The topological polar surface area (TPSA) is 83.0 Å². The molecule has 0 saturated heterocycles. The summed E-state index contributed by atoms with van der Waals surface area (Å²) in [7, 11) is 0. The van der Waals surface area contributed by atoms with E-state index in [9.17, 15) is 4.79 Å². The number of ether oxygens (including phenoxy) is 1. The second-order valence-corrected chi connectivity index (χ2v) is 7.41. The Morgan fingerprint density at radius 1 is 1.00 bits per heavy atom. The molecule has 0 unspecified atom stereocenters. The van der Waals surface area contributed by atoms with E-state index in [-0.39, 0.29) is 11.4 Å². The lowest BCUT2D eigenvalue weighted by molar-refractivity contribution is 0.340. The maximum absolute atomic E-state index is 13.2. The van der Waals surface area contributed by atoms with E-state index >= 15 is 0 Å². The smallest absolute Gasteiger partial charge is 0.279 e. The Labute approximate surface area is 187 Å².